The maximum Gasteiger partial charge on any atom is 0.243 e. The summed E-state index contributed by atoms with van der Waals surface area (Å²) in [5, 5.41) is 10.7. The van der Waals surface area contributed by atoms with Gasteiger partial charge in [-0.05, 0) is 32.6 Å². The molecule has 25 heavy (non-hydrogen) atoms. The molecule has 8 nitrogen and oxygen atoms in total. The summed E-state index contributed by atoms with van der Waals surface area (Å²) in [5.41, 5.74) is 0. The average Bonchev–Trinajstić information content (AvgIpc) is 3.19. The first-order valence-electron chi connectivity index (χ1n) is 9.08. The summed E-state index contributed by atoms with van der Waals surface area (Å²) < 4.78 is 5.42. The minimum absolute atomic E-state index is 0.0562. The number of anilines is 2. The Bertz CT molecular complexity index is 715. The van der Waals surface area contributed by atoms with Gasteiger partial charge >= 0.3 is 0 Å². The predicted octanol–water partition coefficient (Wildman–Crippen LogP) is 2.10. The summed E-state index contributed by atoms with van der Waals surface area (Å²) in [6.07, 6.45) is 6.31. The fourth-order valence-corrected chi connectivity index (χ4v) is 3.32. The lowest BCUT2D eigenvalue weighted by Gasteiger charge is -2.27. The zero-order chi connectivity index (χ0) is 17.2. The molecule has 0 amide bonds. The number of nitrogens with zero attached hydrogens (tertiary/aromatic N) is 5. The van der Waals surface area contributed by atoms with Crippen LogP contribution < -0.4 is 15.5 Å². The van der Waals surface area contributed by atoms with Crippen LogP contribution in [0, 0.1) is 0 Å². The molecule has 1 aliphatic carbocycles. The molecule has 0 spiro atoms. The number of hydrogen-bond donors (Lipinski definition) is 2. The van der Waals surface area contributed by atoms with Crippen molar-refractivity contribution in [3.8, 4) is 0 Å². The van der Waals surface area contributed by atoms with E-state index in [4.69, 9.17) is 4.52 Å². The van der Waals surface area contributed by atoms with Gasteiger partial charge in [-0.1, -0.05) is 5.16 Å². The summed E-state index contributed by atoms with van der Waals surface area (Å²) in [6.45, 7) is 3.96. The summed E-state index contributed by atoms with van der Waals surface area (Å²) in [7, 11) is 1.87. The van der Waals surface area contributed by atoms with Crippen molar-refractivity contribution in [1.29, 1.82) is 0 Å². The average molecular weight is 343 g/mol. The second-order valence-corrected chi connectivity index (χ2v) is 6.90. The van der Waals surface area contributed by atoms with Gasteiger partial charge in [0.1, 0.15) is 18.0 Å². The van der Waals surface area contributed by atoms with E-state index in [0.717, 1.165) is 37.0 Å². The highest BCUT2D eigenvalue weighted by Gasteiger charge is 2.30. The molecule has 2 aromatic heterocycles. The minimum atomic E-state index is 0.0562. The fraction of sp³-hybridized carbons (Fsp3) is 0.647. The Balaban J connectivity index is 1.37. The van der Waals surface area contributed by atoms with E-state index in [2.05, 4.69) is 42.6 Å². The van der Waals surface area contributed by atoms with E-state index in [1.54, 1.807) is 6.33 Å². The normalized spacial score (nSPS) is 21.5. The van der Waals surface area contributed by atoms with Crippen LogP contribution in [0.1, 0.15) is 56.3 Å². The molecule has 2 aliphatic rings. The van der Waals surface area contributed by atoms with Gasteiger partial charge in [0, 0.05) is 38.2 Å². The van der Waals surface area contributed by atoms with Crippen LogP contribution in [0.5, 0.6) is 0 Å². The molecule has 2 N–H and O–H groups in total. The van der Waals surface area contributed by atoms with Crippen LogP contribution in [-0.2, 0) is 0 Å². The lowest BCUT2D eigenvalue weighted by Crippen LogP contribution is -2.39. The second kappa shape index (κ2) is 6.95. The molecule has 0 aromatic carbocycles. The van der Waals surface area contributed by atoms with Crippen LogP contribution >= 0.6 is 0 Å². The molecule has 0 bridgehead atoms. The Kier molecular flexibility index (Phi) is 4.52. The van der Waals surface area contributed by atoms with Crippen molar-refractivity contribution in [2.75, 3.05) is 30.4 Å². The quantitative estimate of drug-likeness (QED) is 0.790. The summed E-state index contributed by atoms with van der Waals surface area (Å²) >= 11 is 0. The Hall–Kier alpha value is -2.22. The smallest absolute Gasteiger partial charge is 0.243 e. The van der Waals surface area contributed by atoms with Crippen molar-refractivity contribution in [3.05, 3.63) is 24.1 Å². The van der Waals surface area contributed by atoms with Gasteiger partial charge in [0.25, 0.3) is 0 Å². The number of aromatic nitrogens is 4. The van der Waals surface area contributed by atoms with Gasteiger partial charge in [0.05, 0.1) is 6.04 Å². The van der Waals surface area contributed by atoms with Crippen molar-refractivity contribution < 1.29 is 4.52 Å². The lowest BCUT2D eigenvalue weighted by molar-refractivity contribution is 0.333. The maximum atomic E-state index is 5.42. The van der Waals surface area contributed by atoms with Crippen molar-refractivity contribution in [2.45, 2.75) is 50.6 Å². The molecule has 8 heteroatoms. The Morgan fingerprint density at radius 1 is 1.32 bits per heavy atom. The Morgan fingerprint density at radius 2 is 2.20 bits per heavy atom. The highest BCUT2D eigenvalue weighted by Crippen LogP contribution is 2.38. The molecule has 1 aliphatic heterocycles. The van der Waals surface area contributed by atoms with Gasteiger partial charge in [0.15, 0.2) is 5.82 Å². The standard InChI is InChI=1S/C17H25N7O/c1-11(17-22-16(23-25-17)12-5-6-12)19-9-13-4-3-7-24(13)15-8-14(18-2)20-10-21-15/h8,10-13,19H,3-7,9H2,1-2H3,(H,18,20,21)/t11-,13+/m1/s1. The van der Waals surface area contributed by atoms with E-state index in [1.165, 1.54) is 19.3 Å². The molecular formula is C17H25N7O. The SMILES string of the molecule is CNc1cc(N2CCC[C@H]2CN[C@H](C)c2nc(C3CC3)no2)ncn1. The van der Waals surface area contributed by atoms with E-state index in [1.807, 2.05) is 13.1 Å². The molecule has 2 atom stereocenters. The molecule has 134 valence electrons. The molecule has 2 aromatic rings. The van der Waals surface area contributed by atoms with Crippen LogP contribution in [0.2, 0.25) is 0 Å². The largest absolute Gasteiger partial charge is 0.373 e. The van der Waals surface area contributed by atoms with Gasteiger partial charge < -0.3 is 20.1 Å². The van der Waals surface area contributed by atoms with Gasteiger partial charge in [-0.2, -0.15) is 4.98 Å². The third kappa shape index (κ3) is 3.58. The van der Waals surface area contributed by atoms with Gasteiger partial charge in [-0.25, -0.2) is 9.97 Å². The monoisotopic (exact) mass is 343 g/mol. The van der Waals surface area contributed by atoms with Crippen LogP contribution in [0.4, 0.5) is 11.6 Å². The topological polar surface area (TPSA) is 92.0 Å². The van der Waals surface area contributed by atoms with Crippen LogP contribution in [0.25, 0.3) is 0 Å². The molecule has 2 fully saturated rings. The second-order valence-electron chi connectivity index (χ2n) is 6.90. The molecule has 0 unspecified atom stereocenters. The molecular weight excluding hydrogens is 318 g/mol. The first-order valence-corrected chi connectivity index (χ1v) is 9.08. The first-order chi connectivity index (χ1) is 12.2. The van der Waals surface area contributed by atoms with E-state index >= 15 is 0 Å². The summed E-state index contributed by atoms with van der Waals surface area (Å²) in [6, 6.07) is 2.47. The summed E-state index contributed by atoms with van der Waals surface area (Å²) in [5.74, 6) is 3.90. The first kappa shape index (κ1) is 16.3. The Morgan fingerprint density at radius 3 is 3.00 bits per heavy atom. The third-order valence-electron chi connectivity index (χ3n) is 5.01. The lowest BCUT2D eigenvalue weighted by atomic mass is 10.2. The molecule has 1 saturated heterocycles. The molecule has 1 saturated carbocycles. The van der Waals surface area contributed by atoms with E-state index in [9.17, 15) is 0 Å². The van der Waals surface area contributed by atoms with Crippen molar-refractivity contribution in [2.24, 2.45) is 0 Å². The van der Waals surface area contributed by atoms with Crippen LogP contribution in [0.3, 0.4) is 0 Å². The minimum Gasteiger partial charge on any atom is -0.373 e. The third-order valence-corrected chi connectivity index (χ3v) is 5.01. The predicted molar refractivity (Wildman–Crippen MR) is 94.6 cm³/mol. The van der Waals surface area contributed by atoms with Crippen molar-refractivity contribution in [3.63, 3.8) is 0 Å². The highest BCUT2D eigenvalue weighted by atomic mass is 16.5. The fourth-order valence-electron chi connectivity index (χ4n) is 3.32. The number of hydrogen-bond acceptors (Lipinski definition) is 8. The van der Waals surface area contributed by atoms with E-state index in [0.29, 0.717) is 17.9 Å². The van der Waals surface area contributed by atoms with Crippen LogP contribution in [0.15, 0.2) is 16.9 Å². The van der Waals surface area contributed by atoms with Crippen molar-refractivity contribution in [1.82, 2.24) is 25.4 Å². The van der Waals surface area contributed by atoms with Gasteiger partial charge in [0.2, 0.25) is 5.89 Å². The molecule has 0 radical (unpaired) electrons. The highest BCUT2D eigenvalue weighted by molar-refractivity contribution is 5.49. The number of rotatable bonds is 7. The maximum absolute atomic E-state index is 5.42. The van der Waals surface area contributed by atoms with Crippen molar-refractivity contribution >= 4 is 11.6 Å². The van der Waals surface area contributed by atoms with E-state index < -0.39 is 0 Å². The molecule has 3 heterocycles. The number of nitrogens with one attached hydrogen (secondary N) is 2. The molecule has 4 rings (SSSR count). The Labute approximate surface area is 147 Å². The van der Waals surface area contributed by atoms with Crippen LogP contribution in [-0.4, -0.2) is 46.3 Å². The van der Waals surface area contributed by atoms with E-state index in [-0.39, 0.29) is 6.04 Å². The zero-order valence-electron chi connectivity index (χ0n) is 14.8. The van der Waals surface area contributed by atoms with Gasteiger partial charge in [-0.15, -0.1) is 0 Å². The van der Waals surface area contributed by atoms with Gasteiger partial charge in [-0.3, -0.25) is 0 Å². The summed E-state index contributed by atoms with van der Waals surface area (Å²) in [4.78, 5) is 15.5. The zero-order valence-corrected chi connectivity index (χ0v) is 14.8.